The van der Waals surface area contributed by atoms with E-state index in [0.717, 1.165) is 17.7 Å². The van der Waals surface area contributed by atoms with E-state index in [0.29, 0.717) is 25.1 Å². The highest BCUT2D eigenvalue weighted by molar-refractivity contribution is 5.85. The number of carbonyl (C=O) groups is 2. The molecule has 1 aliphatic rings. The molecule has 0 saturated heterocycles. The van der Waals surface area contributed by atoms with Gasteiger partial charge in [0.05, 0.1) is 24.1 Å². The van der Waals surface area contributed by atoms with Gasteiger partial charge in [-0.25, -0.2) is 0 Å². The maximum Gasteiger partial charge on any atom is 0.307 e. The van der Waals surface area contributed by atoms with E-state index in [2.05, 4.69) is 5.16 Å². The summed E-state index contributed by atoms with van der Waals surface area (Å²) in [6.07, 6.45) is 2.04. The van der Waals surface area contributed by atoms with Gasteiger partial charge in [-0.1, -0.05) is 11.6 Å². The second-order valence-corrected chi connectivity index (χ2v) is 5.48. The first-order valence-corrected chi connectivity index (χ1v) is 6.81. The Morgan fingerprint density at radius 3 is 2.55 bits per heavy atom. The lowest BCUT2D eigenvalue weighted by molar-refractivity contribution is -0.148. The Labute approximate surface area is 117 Å². The van der Waals surface area contributed by atoms with Crippen molar-refractivity contribution in [2.75, 3.05) is 7.05 Å². The number of amides is 1. The first-order chi connectivity index (χ1) is 9.41. The summed E-state index contributed by atoms with van der Waals surface area (Å²) in [4.78, 5) is 25.2. The van der Waals surface area contributed by atoms with E-state index in [1.165, 1.54) is 0 Å². The van der Waals surface area contributed by atoms with Crippen molar-refractivity contribution in [2.45, 2.75) is 39.7 Å². The summed E-state index contributed by atoms with van der Waals surface area (Å²) in [5.41, 5.74) is 1.66. The number of carboxylic acids is 1. The third kappa shape index (κ3) is 2.69. The summed E-state index contributed by atoms with van der Waals surface area (Å²) >= 11 is 0. The molecule has 0 bridgehead atoms. The van der Waals surface area contributed by atoms with Gasteiger partial charge in [0.15, 0.2) is 0 Å². The number of nitrogens with zero attached hydrogens (tertiary/aromatic N) is 2. The number of rotatable bonds is 4. The molecule has 0 radical (unpaired) electrons. The van der Waals surface area contributed by atoms with Crippen LogP contribution in [0.5, 0.6) is 0 Å². The molecule has 1 aliphatic carbocycles. The van der Waals surface area contributed by atoms with Crippen LogP contribution in [-0.2, 0) is 16.1 Å². The molecule has 1 N–H and O–H groups in total. The number of carboxylic acid groups (broad SMARTS) is 1. The summed E-state index contributed by atoms with van der Waals surface area (Å²) < 4.78 is 5.08. The Bertz CT molecular complexity index is 504. The Morgan fingerprint density at radius 1 is 1.35 bits per heavy atom. The lowest BCUT2D eigenvalue weighted by Gasteiger charge is -2.23. The van der Waals surface area contributed by atoms with Gasteiger partial charge in [-0.2, -0.15) is 0 Å². The number of hydrogen-bond donors (Lipinski definition) is 1. The van der Waals surface area contributed by atoms with Crippen LogP contribution in [0.3, 0.4) is 0 Å². The average molecular weight is 280 g/mol. The minimum absolute atomic E-state index is 0.102. The Kier molecular flexibility index (Phi) is 4.11. The smallest absolute Gasteiger partial charge is 0.307 e. The number of aryl methyl sites for hydroxylation is 2. The van der Waals surface area contributed by atoms with Crippen molar-refractivity contribution < 1.29 is 19.2 Å². The van der Waals surface area contributed by atoms with E-state index in [4.69, 9.17) is 9.63 Å². The van der Waals surface area contributed by atoms with Crippen LogP contribution in [0.1, 0.15) is 36.3 Å². The van der Waals surface area contributed by atoms with Crippen LogP contribution < -0.4 is 0 Å². The Hall–Kier alpha value is -1.85. The van der Waals surface area contributed by atoms with Crippen LogP contribution in [0.4, 0.5) is 0 Å². The summed E-state index contributed by atoms with van der Waals surface area (Å²) in [6.45, 7) is 4.05. The van der Waals surface area contributed by atoms with Crippen LogP contribution in [0.25, 0.3) is 0 Å². The van der Waals surface area contributed by atoms with Crippen molar-refractivity contribution in [3.63, 3.8) is 0 Å². The van der Waals surface area contributed by atoms with E-state index in [9.17, 15) is 9.59 Å². The summed E-state index contributed by atoms with van der Waals surface area (Å²) in [6, 6.07) is 0. The minimum Gasteiger partial charge on any atom is -0.481 e. The maximum atomic E-state index is 12.4. The van der Waals surface area contributed by atoms with Gasteiger partial charge in [-0.15, -0.1) is 0 Å². The van der Waals surface area contributed by atoms with Crippen LogP contribution in [0, 0.1) is 25.7 Å². The molecule has 1 saturated carbocycles. The van der Waals surface area contributed by atoms with Crippen LogP contribution in [0.15, 0.2) is 4.52 Å². The minimum atomic E-state index is -0.869. The monoisotopic (exact) mass is 280 g/mol. The molecule has 6 heteroatoms. The zero-order valence-corrected chi connectivity index (χ0v) is 12.0. The third-order valence-electron chi connectivity index (χ3n) is 4.10. The van der Waals surface area contributed by atoms with Crippen molar-refractivity contribution in [1.29, 1.82) is 0 Å². The molecule has 1 heterocycles. The predicted octanol–water partition coefficient (Wildman–Crippen LogP) is 1.75. The fraction of sp³-hybridized carbons (Fsp3) is 0.643. The third-order valence-corrected chi connectivity index (χ3v) is 4.10. The molecule has 2 rings (SSSR count). The second kappa shape index (κ2) is 5.64. The number of hydrogen-bond acceptors (Lipinski definition) is 4. The highest BCUT2D eigenvalue weighted by atomic mass is 16.5. The van der Waals surface area contributed by atoms with Crippen molar-refractivity contribution in [1.82, 2.24) is 10.1 Å². The van der Waals surface area contributed by atoms with E-state index in [1.807, 2.05) is 13.8 Å². The number of carbonyl (C=O) groups excluding carboxylic acids is 1. The molecule has 0 aromatic carbocycles. The molecule has 1 fully saturated rings. The molecule has 1 aromatic heterocycles. The first kappa shape index (κ1) is 14.6. The molecule has 20 heavy (non-hydrogen) atoms. The standard InChI is InChI=1S/C14H20N2O4/c1-8-12(9(2)20-15-8)7-16(3)13(17)10-5-4-6-11(10)14(18)19/h10-11H,4-7H2,1-3H3,(H,18,19)/t10-,11+/m1/s1. The molecule has 0 unspecified atom stereocenters. The molecule has 2 atom stereocenters. The van der Waals surface area contributed by atoms with Gasteiger partial charge >= 0.3 is 5.97 Å². The van der Waals surface area contributed by atoms with Crippen LogP contribution in [-0.4, -0.2) is 34.1 Å². The highest BCUT2D eigenvalue weighted by Crippen LogP contribution is 2.33. The van der Waals surface area contributed by atoms with Gasteiger partial charge in [0.2, 0.25) is 5.91 Å². The molecule has 110 valence electrons. The summed E-state index contributed by atoms with van der Waals surface area (Å²) in [5, 5.41) is 13.0. The quantitative estimate of drug-likeness (QED) is 0.908. The highest BCUT2D eigenvalue weighted by Gasteiger charge is 2.39. The van der Waals surface area contributed by atoms with Gasteiger partial charge in [-0.05, 0) is 26.7 Å². The molecule has 6 nitrogen and oxygen atoms in total. The van der Waals surface area contributed by atoms with E-state index >= 15 is 0 Å². The van der Waals surface area contributed by atoms with E-state index in [1.54, 1.807) is 11.9 Å². The zero-order valence-electron chi connectivity index (χ0n) is 12.0. The average Bonchev–Trinajstić information content (AvgIpc) is 2.99. The predicted molar refractivity (Wildman–Crippen MR) is 70.9 cm³/mol. The normalized spacial score (nSPS) is 21.9. The summed E-state index contributed by atoms with van der Waals surface area (Å²) in [5.74, 6) is -1.22. The fourth-order valence-corrected chi connectivity index (χ4v) is 2.88. The molecule has 0 aliphatic heterocycles. The van der Waals surface area contributed by atoms with E-state index in [-0.39, 0.29) is 5.91 Å². The topological polar surface area (TPSA) is 83.6 Å². The van der Waals surface area contributed by atoms with Crippen molar-refractivity contribution in [3.8, 4) is 0 Å². The van der Waals surface area contributed by atoms with Crippen LogP contribution in [0.2, 0.25) is 0 Å². The number of aliphatic carboxylic acids is 1. The van der Waals surface area contributed by atoms with Gasteiger partial charge in [-0.3, -0.25) is 9.59 Å². The zero-order chi connectivity index (χ0) is 14.9. The van der Waals surface area contributed by atoms with Crippen molar-refractivity contribution in [3.05, 3.63) is 17.0 Å². The van der Waals surface area contributed by atoms with E-state index < -0.39 is 17.8 Å². The van der Waals surface area contributed by atoms with Crippen molar-refractivity contribution >= 4 is 11.9 Å². The molecule has 0 spiro atoms. The maximum absolute atomic E-state index is 12.4. The first-order valence-electron chi connectivity index (χ1n) is 6.81. The lowest BCUT2D eigenvalue weighted by atomic mass is 9.94. The van der Waals surface area contributed by atoms with Crippen molar-refractivity contribution in [2.24, 2.45) is 11.8 Å². The number of aromatic nitrogens is 1. The molecular formula is C14H20N2O4. The second-order valence-electron chi connectivity index (χ2n) is 5.48. The largest absolute Gasteiger partial charge is 0.481 e. The molecule has 1 aromatic rings. The SMILES string of the molecule is Cc1noc(C)c1CN(C)C(=O)[C@@H]1CCC[C@@H]1C(=O)O. The van der Waals surface area contributed by atoms with Gasteiger partial charge < -0.3 is 14.5 Å². The van der Waals surface area contributed by atoms with Crippen LogP contribution >= 0.6 is 0 Å². The molecule has 1 amide bonds. The fourth-order valence-electron chi connectivity index (χ4n) is 2.88. The Balaban J connectivity index is 2.07. The Morgan fingerprint density at radius 2 is 2.00 bits per heavy atom. The lowest BCUT2D eigenvalue weighted by Crippen LogP contribution is -2.36. The van der Waals surface area contributed by atoms with Gasteiger partial charge in [0, 0.05) is 12.6 Å². The molecular weight excluding hydrogens is 260 g/mol. The summed E-state index contributed by atoms with van der Waals surface area (Å²) in [7, 11) is 1.70. The van der Waals surface area contributed by atoms with Gasteiger partial charge in [0.1, 0.15) is 5.76 Å². The van der Waals surface area contributed by atoms with Gasteiger partial charge in [0.25, 0.3) is 0 Å².